The molecule has 6 nitrogen and oxygen atoms in total. The second-order valence-corrected chi connectivity index (χ2v) is 7.29. The molecule has 2 aromatic heterocycles. The van der Waals surface area contributed by atoms with Gasteiger partial charge in [0.25, 0.3) is 5.91 Å². The van der Waals surface area contributed by atoms with Crippen LogP contribution in [0.2, 0.25) is 0 Å². The van der Waals surface area contributed by atoms with Crippen molar-refractivity contribution in [3.05, 3.63) is 23.5 Å². The first-order valence-corrected chi connectivity index (χ1v) is 8.77. The van der Waals surface area contributed by atoms with E-state index in [2.05, 4.69) is 21.5 Å². The summed E-state index contributed by atoms with van der Waals surface area (Å²) in [5.74, 6) is 1.30. The van der Waals surface area contributed by atoms with Crippen molar-refractivity contribution in [2.45, 2.75) is 38.8 Å². The smallest absolute Gasteiger partial charge is 0.253 e. The highest BCUT2D eigenvalue weighted by Crippen LogP contribution is 2.28. The molecule has 0 aliphatic carbocycles. The molecule has 0 spiro atoms. The largest absolute Gasteiger partial charge is 0.333 e. The van der Waals surface area contributed by atoms with Gasteiger partial charge < -0.3 is 5.32 Å². The Bertz CT molecular complexity index is 799. The molecule has 0 bridgehead atoms. The van der Waals surface area contributed by atoms with Gasteiger partial charge in [-0.2, -0.15) is 22.1 Å². The van der Waals surface area contributed by atoms with Crippen LogP contribution in [0.5, 0.6) is 0 Å². The third-order valence-electron chi connectivity index (χ3n) is 4.02. The maximum atomic E-state index is 12.8. The quantitative estimate of drug-likeness (QED) is 0.935. The van der Waals surface area contributed by atoms with Gasteiger partial charge in [-0.25, -0.2) is 9.67 Å². The number of hydrogen-bond acceptors (Lipinski definition) is 5. The number of nitriles is 1. The zero-order valence-electron chi connectivity index (χ0n) is 13.5. The molecule has 1 amide bonds. The highest BCUT2D eigenvalue weighted by atomic mass is 32.2. The van der Waals surface area contributed by atoms with E-state index in [4.69, 9.17) is 0 Å². The standard InChI is InChI=1S/C16H19N5OS/c1-10(2)21-14-13(7-18-21)12(6-11(3)19-14)15(22)20-16(8-17)4-5-23-9-16/h6-7,10H,4-5,9H2,1-3H3,(H,20,22). The first kappa shape index (κ1) is 15.8. The molecule has 1 aliphatic rings. The number of pyridine rings is 1. The Hall–Kier alpha value is -2.07. The van der Waals surface area contributed by atoms with E-state index in [1.165, 1.54) is 0 Å². The van der Waals surface area contributed by atoms with E-state index in [0.29, 0.717) is 23.4 Å². The highest BCUT2D eigenvalue weighted by Gasteiger charge is 2.36. The van der Waals surface area contributed by atoms with Crippen LogP contribution in [0, 0.1) is 18.3 Å². The molecular formula is C16H19N5OS. The second-order valence-electron chi connectivity index (χ2n) is 6.18. The lowest BCUT2D eigenvalue weighted by Gasteiger charge is -2.21. The van der Waals surface area contributed by atoms with Gasteiger partial charge in [0.2, 0.25) is 0 Å². The lowest BCUT2D eigenvalue weighted by Crippen LogP contribution is -2.47. The number of aromatic nitrogens is 3. The van der Waals surface area contributed by atoms with Crippen LogP contribution in [-0.4, -0.2) is 37.7 Å². The monoisotopic (exact) mass is 329 g/mol. The van der Waals surface area contributed by atoms with Crippen LogP contribution in [0.15, 0.2) is 12.3 Å². The number of carbonyl (C=O) groups excluding carboxylic acids is 1. The molecule has 1 fully saturated rings. The van der Waals surface area contributed by atoms with E-state index >= 15 is 0 Å². The first-order chi connectivity index (χ1) is 11.0. The molecular weight excluding hydrogens is 310 g/mol. The maximum Gasteiger partial charge on any atom is 0.253 e. The van der Waals surface area contributed by atoms with Gasteiger partial charge in [0.1, 0.15) is 5.54 Å². The van der Waals surface area contributed by atoms with Crippen LogP contribution in [-0.2, 0) is 0 Å². The van der Waals surface area contributed by atoms with E-state index in [1.807, 2.05) is 25.5 Å². The summed E-state index contributed by atoms with van der Waals surface area (Å²) in [7, 11) is 0. The fourth-order valence-electron chi connectivity index (χ4n) is 2.77. The minimum absolute atomic E-state index is 0.161. The summed E-state index contributed by atoms with van der Waals surface area (Å²) in [6, 6.07) is 4.20. The molecule has 0 aromatic carbocycles. The Morgan fingerprint density at radius 2 is 2.35 bits per heavy atom. The Balaban J connectivity index is 2.02. The molecule has 1 atom stereocenters. The number of nitrogens with zero attached hydrogens (tertiary/aromatic N) is 4. The molecule has 120 valence electrons. The van der Waals surface area contributed by atoms with E-state index in [-0.39, 0.29) is 11.9 Å². The lowest BCUT2D eigenvalue weighted by molar-refractivity contribution is 0.0927. The van der Waals surface area contributed by atoms with E-state index < -0.39 is 5.54 Å². The molecule has 1 aliphatic heterocycles. The number of amides is 1. The highest BCUT2D eigenvalue weighted by molar-refractivity contribution is 7.99. The van der Waals surface area contributed by atoms with E-state index in [0.717, 1.165) is 16.8 Å². The zero-order chi connectivity index (χ0) is 16.6. The molecule has 23 heavy (non-hydrogen) atoms. The van der Waals surface area contributed by atoms with Crippen molar-refractivity contribution in [3.63, 3.8) is 0 Å². The Labute approximate surface area is 139 Å². The topological polar surface area (TPSA) is 83.6 Å². The molecule has 3 rings (SSSR count). The molecule has 3 heterocycles. The van der Waals surface area contributed by atoms with Gasteiger partial charge >= 0.3 is 0 Å². The third-order valence-corrected chi connectivity index (χ3v) is 5.21. The second kappa shape index (κ2) is 5.85. The normalized spacial score (nSPS) is 20.8. The predicted octanol–water partition coefficient (Wildman–Crippen LogP) is 2.45. The average Bonchev–Trinajstić information content (AvgIpc) is 3.13. The molecule has 1 saturated heterocycles. The molecule has 0 radical (unpaired) electrons. The molecule has 7 heteroatoms. The number of nitrogens with one attached hydrogen (secondary N) is 1. The van der Waals surface area contributed by atoms with E-state index in [1.54, 1.807) is 24.0 Å². The van der Waals surface area contributed by atoms with E-state index in [9.17, 15) is 10.1 Å². The van der Waals surface area contributed by atoms with Gasteiger partial charge in [-0.05, 0) is 39.0 Å². The Morgan fingerprint density at radius 1 is 1.57 bits per heavy atom. The van der Waals surface area contributed by atoms with Crippen molar-refractivity contribution in [1.82, 2.24) is 20.1 Å². The van der Waals surface area contributed by atoms with Crippen LogP contribution < -0.4 is 5.32 Å². The summed E-state index contributed by atoms with van der Waals surface area (Å²) in [6.45, 7) is 5.91. The third kappa shape index (κ3) is 2.79. The summed E-state index contributed by atoms with van der Waals surface area (Å²) >= 11 is 1.69. The minimum Gasteiger partial charge on any atom is -0.333 e. The molecule has 2 aromatic rings. The SMILES string of the molecule is Cc1cc(C(=O)NC2(C#N)CCSC2)c2cnn(C(C)C)c2n1. The summed E-state index contributed by atoms with van der Waals surface area (Å²) in [4.78, 5) is 17.3. The number of aryl methyl sites for hydroxylation is 1. The van der Waals surface area contributed by atoms with Crippen molar-refractivity contribution in [3.8, 4) is 6.07 Å². The van der Waals surface area contributed by atoms with Crippen LogP contribution in [0.1, 0.15) is 42.4 Å². The van der Waals surface area contributed by atoms with Gasteiger partial charge in [-0.15, -0.1) is 0 Å². The minimum atomic E-state index is -0.765. The van der Waals surface area contributed by atoms with Crippen molar-refractivity contribution in [2.75, 3.05) is 11.5 Å². The Kier molecular flexibility index (Phi) is 4.02. The number of rotatable bonds is 3. The fourth-order valence-corrected chi connectivity index (χ4v) is 4.04. The van der Waals surface area contributed by atoms with Gasteiger partial charge in [-0.1, -0.05) is 0 Å². The van der Waals surface area contributed by atoms with Gasteiger partial charge in [0.15, 0.2) is 5.65 Å². The predicted molar refractivity (Wildman–Crippen MR) is 90.4 cm³/mol. The fraction of sp³-hybridized carbons (Fsp3) is 0.500. The maximum absolute atomic E-state index is 12.8. The van der Waals surface area contributed by atoms with Gasteiger partial charge in [0, 0.05) is 17.5 Å². The van der Waals surface area contributed by atoms with Gasteiger partial charge in [0.05, 0.1) is 23.2 Å². The van der Waals surface area contributed by atoms with Crippen LogP contribution >= 0.6 is 11.8 Å². The molecule has 1 unspecified atom stereocenters. The van der Waals surface area contributed by atoms with Crippen molar-refractivity contribution >= 4 is 28.7 Å². The Morgan fingerprint density at radius 3 is 2.96 bits per heavy atom. The summed E-state index contributed by atoms with van der Waals surface area (Å²) < 4.78 is 1.81. The molecule has 0 saturated carbocycles. The number of thioether (sulfide) groups is 1. The average molecular weight is 329 g/mol. The number of hydrogen-bond donors (Lipinski definition) is 1. The van der Waals surface area contributed by atoms with Crippen LogP contribution in [0.4, 0.5) is 0 Å². The summed E-state index contributed by atoms with van der Waals surface area (Å²) in [5, 5.41) is 17.5. The first-order valence-electron chi connectivity index (χ1n) is 7.62. The zero-order valence-corrected chi connectivity index (χ0v) is 14.3. The van der Waals surface area contributed by atoms with Gasteiger partial charge in [-0.3, -0.25) is 4.79 Å². The summed E-state index contributed by atoms with van der Waals surface area (Å²) in [5.41, 5.74) is 1.24. The number of fused-ring (bicyclic) bond motifs is 1. The summed E-state index contributed by atoms with van der Waals surface area (Å²) in [6.07, 6.45) is 2.36. The van der Waals surface area contributed by atoms with Crippen molar-refractivity contribution in [1.29, 1.82) is 5.26 Å². The lowest BCUT2D eigenvalue weighted by atomic mass is 10.00. The molecule has 1 N–H and O–H groups in total. The van der Waals surface area contributed by atoms with Crippen molar-refractivity contribution in [2.24, 2.45) is 0 Å². The van der Waals surface area contributed by atoms with Crippen LogP contribution in [0.3, 0.4) is 0 Å². The van der Waals surface area contributed by atoms with Crippen molar-refractivity contribution < 1.29 is 4.79 Å². The number of carbonyl (C=O) groups is 1. The van der Waals surface area contributed by atoms with Crippen LogP contribution in [0.25, 0.3) is 11.0 Å².